The Bertz CT molecular complexity index is 324. The summed E-state index contributed by atoms with van der Waals surface area (Å²) in [6.07, 6.45) is 4.01. The molecular formula is C16H29BrO2. The van der Waals surface area contributed by atoms with Crippen molar-refractivity contribution in [2.45, 2.75) is 54.4 Å². The Labute approximate surface area is 127 Å². The van der Waals surface area contributed by atoms with Crippen LogP contribution in [0.25, 0.3) is 0 Å². The summed E-state index contributed by atoms with van der Waals surface area (Å²) in [5.41, 5.74) is 1.47. The fourth-order valence-electron chi connectivity index (χ4n) is 1.98. The predicted octanol–water partition coefficient (Wildman–Crippen LogP) is 5.60. The second kappa shape index (κ2) is 8.68. The van der Waals surface area contributed by atoms with Crippen LogP contribution in [0.3, 0.4) is 0 Å². The number of hydrogen-bond donors (Lipinski definition) is 1. The van der Waals surface area contributed by atoms with Gasteiger partial charge < -0.3 is 9.84 Å². The van der Waals surface area contributed by atoms with Crippen LogP contribution in [0.15, 0.2) is 23.2 Å². The molecule has 2 nitrogen and oxygen atoms in total. The predicted molar refractivity (Wildman–Crippen MR) is 86.7 cm³/mol. The van der Waals surface area contributed by atoms with Crippen molar-refractivity contribution in [1.29, 1.82) is 0 Å². The number of allylic oxidation sites excluding steroid dienone is 3. The van der Waals surface area contributed by atoms with E-state index in [4.69, 9.17) is 4.74 Å². The molecule has 0 aromatic rings. The van der Waals surface area contributed by atoms with E-state index >= 15 is 0 Å². The monoisotopic (exact) mass is 332 g/mol. The molecule has 1 aliphatic rings. The summed E-state index contributed by atoms with van der Waals surface area (Å²) in [4.78, 5) is 0. The summed E-state index contributed by atoms with van der Waals surface area (Å²) in [5.74, 6) is 1.20. The molecule has 0 saturated heterocycles. The zero-order chi connectivity index (χ0) is 15.1. The van der Waals surface area contributed by atoms with E-state index in [0.717, 1.165) is 18.2 Å². The van der Waals surface area contributed by atoms with Crippen LogP contribution in [0, 0.1) is 11.3 Å². The van der Waals surface area contributed by atoms with E-state index in [0.29, 0.717) is 18.1 Å². The number of rotatable bonds is 3. The quantitative estimate of drug-likeness (QED) is 0.682. The fraction of sp³-hybridized carbons (Fsp3) is 0.750. The Morgan fingerprint density at radius 1 is 1.37 bits per heavy atom. The lowest BCUT2D eigenvalue weighted by Crippen LogP contribution is -2.10. The number of hydrogen-bond acceptors (Lipinski definition) is 2. The van der Waals surface area contributed by atoms with Crippen molar-refractivity contribution in [2.75, 3.05) is 11.9 Å². The van der Waals surface area contributed by atoms with Crippen molar-refractivity contribution in [3.63, 3.8) is 0 Å². The summed E-state index contributed by atoms with van der Waals surface area (Å²) >= 11 is 3.46. The Hall–Kier alpha value is -0.440. The van der Waals surface area contributed by atoms with Crippen molar-refractivity contribution in [1.82, 2.24) is 0 Å². The third-order valence-corrected chi connectivity index (χ3v) is 3.94. The van der Waals surface area contributed by atoms with Gasteiger partial charge in [0, 0.05) is 11.2 Å². The van der Waals surface area contributed by atoms with Gasteiger partial charge >= 0.3 is 0 Å². The van der Waals surface area contributed by atoms with Gasteiger partial charge in [-0.2, -0.15) is 0 Å². The van der Waals surface area contributed by atoms with E-state index in [9.17, 15) is 5.11 Å². The SMILES string of the molecule is CC.CCOC1=C(O)C(CBr)CCC(C(C)(C)C)=C1. The fourth-order valence-corrected chi connectivity index (χ4v) is 2.62. The maximum Gasteiger partial charge on any atom is 0.156 e. The van der Waals surface area contributed by atoms with E-state index in [1.165, 1.54) is 5.57 Å². The van der Waals surface area contributed by atoms with Crippen LogP contribution >= 0.6 is 15.9 Å². The van der Waals surface area contributed by atoms with Gasteiger partial charge in [0.2, 0.25) is 0 Å². The minimum Gasteiger partial charge on any atom is -0.508 e. The van der Waals surface area contributed by atoms with Crippen LogP contribution in [-0.2, 0) is 4.74 Å². The van der Waals surface area contributed by atoms with Crippen molar-refractivity contribution in [3.05, 3.63) is 23.2 Å². The van der Waals surface area contributed by atoms with Crippen LogP contribution in [0.1, 0.15) is 54.4 Å². The van der Waals surface area contributed by atoms with Gasteiger partial charge in [-0.15, -0.1) is 0 Å². The van der Waals surface area contributed by atoms with Gasteiger partial charge in [0.25, 0.3) is 0 Å². The molecule has 0 aromatic carbocycles. The van der Waals surface area contributed by atoms with Crippen molar-refractivity contribution in [2.24, 2.45) is 11.3 Å². The molecule has 0 aromatic heterocycles. The molecule has 0 heterocycles. The number of aliphatic hydroxyl groups is 1. The zero-order valence-corrected chi connectivity index (χ0v) is 14.8. The molecule has 1 rings (SSSR count). The summed E-state index contributed by atoms with van der Waals surface area (Å²) in [5, 5.41) is 11.0. The Morgan fingerprint density at radius 2 is 1.95 bits per heavy atom. The molecule has 0 amide bonds. The molecule has 3 heteroatoms. The van der Waals surface area contributed by atoms with Crippen molar-refractivity contribution >= 4 is 15.9 Å². The molecule has 0 radical (unpaired) electrons. The van der Waals surface area contributed by atoms with E-state index in [-0.39, 0.29) is 11.3 Å². The molecule has 112 valence electrons. The molecule has 0 saturated carbocycles. The van der Waals surface area contributed by atoms with Crippen molar-refractivity contribution < 1.29 is 9.84 Å². The lowest BCUT2D eigenvalue weighted by atomic mass is 9.83. The van der Waals surface area contributed by atoms with Gasteiger partial charge in [0.05, 0.1) is 6.61 Å². The average molecular weight is 333 g/mol. The van der Waals surface area contributed by atoms with Gasteiger partial charge in [-0.25, -0.2) is 0 Å². The highest BCUT2D eigenvalue weighted by molar-refractivity contribution is 9.09. The summed E-state index contributed by atoms with van der Waals surface area (Å²) < 4.78 is 5.56. The van der Waals surface area contributed by atoms with E-state index in [1.54, 1.807) is 0 Å². The maximum atomic E-state index is 10.2. The molecule has 0 bridgehead atoms. The zero-order valence-electron chi connectivity index (χ0n) is 13.2. The number of halogens is 1. The van der Waals surface area contributed by atoms with Crippen LogP contribution < -0.4 is 0 Å². The van der Waals surface area contributed by atoms with Gasteiger partial charge in [0.15, 0.2) is 5.76 Å². The Kier molecular flexibility index (Phi) is 8.47. The van der Waals surface area contributed by atoms with E-state index in [2.05, 4.69) is 36.7 Å². The third-order valence-electron chi connectivity index (χ3n) is 3.16. The molecule has 0 aliphatic heterocycles. The Morgan fingerprint density at radius 3 is 2.37 bits per heavy atom. The van der Waals surface area contributed by atoms with Gasteiger partial charge in [-0.1, -0.05) is 56.1 Å². The highest BCUT2D eigenvalue weighted by atomic mass is 79.9. The molecule has 1 unspecified atom stereocenters. The first-order valence-corrected chi connectivity index (χ1v) is 8.35. The summed E-state index contributed by atoms with van der Waals surface area (Å²) in [6.45, 7) is 13.1. The summed E-state index contributed by atoms with van der Waals surface area (Å²) in [7, 11) is 0. The van der Waals surface area contributed by atoms with Gasteiger partial charge in [-0.05, 0) is 31.3 Å². The first-order valence-electron chi connectivity index (χ1n) is 7.23. The number of ether oxygens (including phenoxy) is 1. The normalized spacial score (nSPS) is 20.2. The molecule has 0 fully saturated rings. The second-order valence-corrected chi connectivity index (χ2v) is 6.14. The highest BCUT2D eigenvalue weighted by Crippen LogP contribution is 2.36. The second-order valence-electron chi connectivity index (χ2n) is 5.49. The molecule has 1 atom stereocenters. The number of alkyl halides is 1. The smallest absolute Gasteiger partial charge is 0.156 e. The number of aliphatic hydroxyl groups excluding tert-OH is 1. The standard InChI is InChI=1S/C14H23BrO2.C2H6/c1-5-17-12-8-11(14(2,3)4)7-6-10(9-15)13(12)16;1-2/h8,10,16H,5-7,9H2,1-4H3;1-2H3. The van der Waals surface area contributed by atoms with Crippen LogP contribution in [0.4, 0.5) is 0 Å². The molecule has 0 spiro atoms. The largest absolute Gasteiger partial charge is 0.508 e. The van der Waals surface area contributed by atoms with E-state index in [1.807, 2.05) is 26.8 Å². The minimum atomic E-state index is 0.129. The lowest BCUT2D eigenvalue weighted by molar-refractivity contribution is 0.205. The minimum absolute atomic E-state index is 0.129. The topological polar surface area (TPSA) is 29.5 Å². The van der Waals surface area contributed by atoms with Crippen LogP contribution in [0.5, 0.6) is 0 Å². The maximum absolute atomic E-state index is 10.2. The van der Waals surface area contributed by atoms with Gasteiger partial charge in [0.1, 0.15) is 5.76 Å². The molecule has 1 N–H and O–H groups in total. The van der Waals surface area contributed by atoms with Crippen LogP contribution in [-0.4, -0.2) is 17.0 Å². The first kappa shape index (κ1) is 18.6. The lowest BCUT2D eigenvalue weighted by Gasteiger charge is -2.23. The van der Waals surface area contributed by atoms with Gasteiger partial charge in [-0.3, -0.25) is 0 Å². The molecule has 1 aliphatic carbocycles. The average Bonchev–Trinajstić information content (AvgIpc) is 2.52. The van der Waals surface area contributed by atoms with E-state index < -0.39 is 0 Å². The highest BCUT2D eigenvalue weighted by Gasteiger charge is 2.26. The van der Waals surface area contributed by atoms with Crippen molar-refractivity contribution in [3.8, 4) is 0 Å². The molecule has 19 heavy (non-hydrogen) atoms. The first-order chi connectivity index (χ1) is 8.90. The third kappa shape index (κ3) is 5.60. The van der Waals surface area contributed by atoms with Crippen LogP contribution in [0.2, 0.25) is 0 Å². The Balaban J connectivity index is 0.00000154. The molecular weight excluding hydrogens is 304 g/mol. The summed E-state index contributed by atoms with van der Waals surface area (Å²) in [6, 6.07) is 0.